The van der Waals surface area contributed by atoms with Gasteiger partial charge in [0.1, 0.15) is 22.6 Å². The van der Waals surface area contributed by atoms with Crippen molar-refractivity contribution in [2.24, 2.45) is 0 Å². The van der Waals surface area contributed by atoms with Crippen LogP contribution in [0.1, 0.15) is 30.5 Å². The SMILES string of the molecule is CC1(C)c2cc(-c3cccc(-c4ccccc4)c3)c3oc4c(N5C=c6ccccc6=C6C(c7ccccc7)=CC=CC65)cc5c(N(c6ccc7ccccc7c6)c6cc(-c7ccccc7)ccn6)cc6c(-c7ccccc7)cc7c8cccc1c8oc7c6c5c4c3c2. The van der Waals surface area contributed by atoms with Gasteiger partial charge in [0, 0.05) is 72.3 Å². The predicted molar refractivity (Wildman–Crippen MR) is 383 cm³/mol. The predicted octanol–water partition coefficient (Wildman–Crippen LogP) is 21.5. The van der Waals surface area contributed by atoms with Gasteiger partial charge >= 0.3 is 0 Å². The molecule has 5 heteroatoms. The minimum Gasteiger partial charge on any atom is -0.455 e. The molecule has 0 spiro atoms. The summed E-state index contributed by atoms with van der Waals surface area (Å²) in [7, 11) is 0. The number of hydrogen-bond donors (Lipinski definition) is 0. The van der Waals surface area contributed by atoms with E-state index >= 15 is 0 Å². The van der Waals surface area contributed by atoms with Crippen molar-refractivity contribution in [1.82, 2.24) is 4.98 Å². The quantitative estimate of drug-likeness (QED) is 0.135. The number of nitrogens with zero attached hydrogens (tertiary/aromatic N) is 3. The van der Waals surface area contributed by atoms with Gasteiger partial charge in [0.25, 0.3) is 0 Å². The van der Waals surface area contributed by atoms with E-state index in [4.69, 9.17) is 13.8 Å². The van der Waals surface area contributed by atoms with Gasteiger partial charge in [-0.05, 0) is 148 Å². The molecular formula is C87H57N3O2. The van der Waals surface area contributed by atoms with Crippen LogP contribution >= 0.6 is 0 Å². The van der Waals surface area contributed by atoms with E-state index in [0.29, 0.717) is 0 Å². The number of allylic oxidation sites excluding steroid dienone is 2. The minimum absolute atomic E-state index is 0.230. The highest BCUT2D eigenvalue weighted by Gasteiger charge is 2.37. The number of aromatic nitrogens is 1. The zero-order chi connectivity index (χ0) is 60.8. The van der Waals surface area contributed by atoms with E-state index in [2.05, 4.69) is 321 Å². The summed E-state index contributed by atoms with van der Waals surface area (Å²) in [6.07, 6.45) is 11.2. The van der Waals surface area contributed by atoms with Crippen molar-refractivity contribution in [3.05, 3.63) is 325 Å². The summed E-state index contributed by atoms with van der Waals surface area (Å²) in [6, 6.07) is 99.5. The average Bonchev–Trinajstić information content (AvgIpc) is 1.46. The fourth-order valence-electron chi connectivity index (χ4n) is 15.4. The van der Waals surface area contributed by atoms with Crippen LogP contribution in [-0.4, -0.2) is 11.0 Å². The third kappa shape index (κ3) is 7.88. The molecule has 0 saturated carbocycles. The summed E-state index contributed by atoms with van der Waals surface area (Å²) >= 11 is 0. The van der Waals surface area contributed by atoms with Gasteiger partial charge in [-0.3, -0.25) is 4.90 Å². The maximum Gasteiger partial charge on any atom is 0.159 e. The molecule has 19 rings (SSSR count). The number of anilines is 4. The van der Waals surface area contributed by atoms with Crippen molar-refractivity contribution in [3.63, 3.8) is 0 Å². The van der Waals surface area contributed by atoms with Crippen LogP contribution in [0.4, 0.5) is 22.9 Å². The molecule has 2 aliphatic heterocycles. The highest BCUT2D eigenvalue weighted by atomic mass is 16.3. The smallest absolute Gasteiger partial charge is 0.159 e. The largest absolute Gasteiger partial charge is 0.455 e. The maximum absolute atomic E-state index is 8.07. The molecule has 16 aromatic rings. The molecular weight excluding hydrogens is 1120 g/mol. The zero-order valence-electron chi connectivity index (χ0n) is 50.6. The van der Waals surface area contributed by atoms with Crippen molar-refractivity contribution in [3.8, 4) is 44.5 Å². The molecule has 5 nitrogen and oxygen atoms in total. The molecule has 0 radical (unpaired) electrons. The first-order valence-corrected chi connectivity index (χ1v) is 31.8. The van der Waals surface area contributed by atoms with Crippen molar-refractivity contribution in [2.75, 3.05) is 9.80 Å². The van der Waals surface area contributed by atoms with Crippen LogP contribution in [-0.2, 0) is 5.41 Å². The molecule has 0 fully saturated rings. The van der Waals surface area contributed by atoms with E-state index in [1.165, 1.54) is 21.9 Å². The van der Waals surface area contributed by atoms with E-state index in [9.17, 15) is 0 Å². The Balaban J connectivity index is 1.04. The zero-order valence-corrected chi connectivity index (χ0v) is 50.6. The fourth-order valence-corrected chi connectivity index (χ4v) is 15.4. The summed E-state index contributed by atoms with van der Waals surface area (Å²) in [5, 5.41) is 12.9. The normalized spacial score (nSPS) is 14.7. The van der Waals surface area contributed by atoms with Gasteiger partial charge in [-0.1, -0.05) is 244 Å². The number of fused-ring (bicyclic) bond motifs is 5. The van der Waals surface area contributed by atoms with Crippen molar-refractivity contribution < 1.29 is 8.83 Å². The standard InChI is InChI=1S/C87H57N3O2/c1-87(2)63-47-69(61-34-19-33-58(44-61)53-22-7-3-8-23-53)83-73(48-63)82-80-72(51-77(86(82)91-83)89-52-62-32-17-18-35-66(62)79-65(36-21-39-75(79)89)56-27-11-5-12-28-56)76(50-70-68(57-29-13-6-14-30-57)49-71-67-37-20-38-74(87)84(67)92-85(71)81(70)80)90(64-41-40-55-26-15-16-31-59(55)45-64)78-46-60(42-43-88-78)54-24-9-4-10-25-54/h3-52,75H,1-2H3. The van der Waals surface area contributed by atoms with E-state index in [1.54, 1.807) is 0 Å². The lowest BCUT2D eigenvalue weighted by Crippen LogP contribution is -2.45. The second kappa shape index (κ2) is 20.1. The number of hydrogen-bond acceptors (Lipinski definition) is 5. The number of pyridine rings is 1. The number of benzene rings is 13. The molecule has 0 saturated heterocycles. The van der Waals surface area contributed by atoms with Gasteiger partial charge < -0.3 is 13.7 Å². The Kier molecular flexibility index (Phi) is 11.4. The lowest BCUT2D eigenvalue weighted by Gasteiger charge is -2.36. The minimum atomic E-state index is -0.569. The van der Waals surface area contributed by atoms with E-state index in [-0.39, 0.29) is 6.04 Å². The molecule has 1 unspecified atom stereocenters. The first kappa shape index (κ1) is 52.2. The highest BCUT2D eigenvalue weighted by molar-refractivity contribution is 6.38. The van der Waals surface area contributed by atoms with E-state index in [1.807, 2.05) is 6.20 Å². The monoisotopic (exact) mass is 1180 g/mol. The summed E-state index contributed by atoms with van der Waals surface area (Å²) in [4.78, 5) is 10.3. The van der Waals surface area contributed by atoms with Crippen LogP contribution in [0.15, 0.2) is 306 Å². The van der Waals surface area contributed by atoms with Crippen LogP contribution in [0.3, 0.4) is 0 Å². The lowest BCUT2D eigenvalue weighted by atomic mass is 9.76. The molecule has 4 bridgehead atoms. The number of furan rings is 2. The van der Waals surface area contributed by atoms with Crippen LogP contribution in [0.25, 0.3) is 138 Å². The van der Waals surface area contributed by atoms with Crippen molar-refractivity contribution >= 4 is 116 Å². The Morgan fingerprint density at radius 3 is 1.89 bits per heavy atom. The lowest BCUT2D eigenvalue weighted by molar-refractivity contribution is 0.609. The Hall–Kier alpha value is -11.8. The molecule has 3 aliphatic rings. The molecule has 1 atom stereocenters. The Bertz CT molecular complexity index is 5980. The van der Waals surface area contributed by atoms with Crippen LogP contribution in [0, 0.1) is 0 Å². The highest BCUT2D eigenvalue weighted by Crippen LogP contribution is 2.56. The van der Waals surface area contributed by atoms with Crippen molar-refractivity contribution in [2.45, 2.75) is 25.3 Å². The van der Waals surface area contributed by atoms with Crippen LogP contribution < -0.4 is 20.2 Å². The molecule has 1 aliphatic carbocycles. The van der Waals surface area contributed by atoms with Gasteiger partial charge in [-0.2, -0.15) is 0 Å². The molecule has 5 heterocycles. The van der Waals surface area contributed by atoms with Gasteiger partial charge in [0.2, 0.25) is 0 Å². The van der Waals surface area contributed by atoms with Gasteiger partial charge in [0.15, 0.2) is 5.58 Å². The topological polar surface area (TPSA) is 45.7 Å². The summed E-state index contributed by atoms with van der Waals surface area (Å²) in [6.45, 7) is 4.72. The number of rotatable bonds is 9. The van der Waals surface area contributed by atoms with Gasteiger partial charge in [0.05, 0.1) is 17.4 Å². The summed E-state index contributed by atoms with van der Waals surface area (Å²) in [5.74, 6) is 0.779. The molecule has 432 valence electrons. The summed E-state index contributed by atoms with van der Waals surface area (Å²) < 4.78 is 15.8. The maximum atomic E-state index is 8.07. The second-order valence-electron chi connectivity index (χ2n) is 25.3. The molecule has 92 heavy (non-hydrogen) atoms. The summed E-state index contributed by atoms with van der Waals surface area (Å²) in [5.41, 5.74) is 20.2. The third-order valence-corrected chi connectivity index (χ3v) is 19.9. The van der Waals surface area contributed by atoms with Gasteiger partial charge in [-0.25, -0.2) is 4.98 Å². The number of para-hydroxylation sites is 1. The van der Waals surface area contributed by atoms with Crippen molar-refractivity contribution in [1.29, 1.82) is 0 Å². The molecule has 0 amide bonds. The Morgan fingerprint density at radius 2 is 1.10 bits per heavy atom. The van der Waals surface area contributed by atoms with Crippen LogP contribution in [0.5, 0.6) is 0 Å². The Labute approximate surface area is 531 Å². The average molecular weight is 1180 g/mol. The van der Waals surface area contributed by atoms with E-state index < -0.39 is 5.41 Å². The Morgan fingerprint density at radius 1 is 0.435 bits per heavy atom. The molecule has 0 N–H and O–H groups in total. The van der Waals surface area contributed by atoms with Gasteiger partial charge in [-0.15, -0.1) is 0 Å². The first-order chi connectivity index (χ1) is 45.4. The first-order valence-electron chi connectivity index (χ1n) is 31.8. The third-order valence-electron chi connectivity index (χ3n) is 19.9. The molecule has 3 aromatic heterocycles. The van der Waals surface area contributed by atoms with E-state index in [0.717, 1.165) is 160 Å². The second-order valence-corrected chi connectivity index (χ2v) is 25.3. The fraction of sp³-hybridized carbons (Fsp3) is 0.0460. The molecule has 13 aromatic carbocycles. The van der Waals surface area contributed by atoms with Crippen LogP contribution in [0.2, 0.25) is 0 Å².